The van der Waals surface area contributed by atoms with Crippen LogP contribution in [0, 0.1) is 17.7 Å². The highest BCUT2D eigenvalue weighted by Gasteiger charge is 2.06. The van der Waals surface area contributed by atoms with Gasteiger partial charge < -0.3 is 4.74 Å². The Balaban J connectivity index is 1.57. The second-order valence-electron chi connectivity index (χ2n) is 8.89. The van der Waals surface area contributed by atoms with E-state index in [1.165, 1.54) is 56.6 Å². The third-order valence-electron chi connectivity index (χ3n) is 6.03. The Bertz CT molecular complexity index is 1050. The van der Waals surface area contributed by atoms with E-state index >= 15 is 0 Å². The fraction of sp³-hybridized carbons (Fsp3) is 0.375. The number of unbranched alkanes of at least 4 members (excludes halogenated alkanes) is 6. The molecule has 2 heteroatoms. The van der Waals surface area contributed by atoms with E-state index in [2.05, 4.69) is 37.8 Å². The quantitative estimate of drug-likeness (QED) is 0.195. The second-order valence-corrected chi connectivity index (χ2v) is 8.89. The zero-order chi connectivity index (χ0) is 24.0. The van der Waals surface area contributed by atoms with E-state index in [0.717, 1.165) is 36.3 Å². The zero-order valence-corrected chi connectivity index (χ0v) is 20.7. The Hall–Kier alpha value is -3.05. The van der Waals surface area contributed by atoms with Crippen molar-refractivity contribution in [2.24, 2.45) is 0 Å². The number of hydrogen-bond acceptors (Lipinski definition) is 1. The second kappa shape index (κ2) is 14.3. The third-order valence-corrected chi connectivity index (χ3v) is 6.03. The first-order valence-corrected chi connectivity index (χ1v) is 12.8. The summed E-state index contributed by atoms with van der Waals surface area (Å²) in [7, 11) is 0. The molecule has 0 aliphatic rings. The molecule has 34 heavy (non-hydrogen) atoms. The van der Waals surface area contributed by atoms with Crippen LogP contribution in [0.3, 0.4) is 0 Å². The summed E-state index contributed by atoms with van der Waals surface area (Å²) in [6.45, 7) is 5.16. The lowest BCUT2D eigenvalue weighted by atomic mass is 9.99. The number of rotatable bonds is 12. The lowest BCUT2D eigenvalue weighted by molar-refractivity contribution is 0.306. The molecule has 0 bridgehead atoms. The smallest absolute Gasteiger partial charge is 0.132 e. The van der Waals surface area contributed by atoms with Crippen molar-refractivity contribution in [2.75, 3.05) is 6.61 Å². The lowest BCUT2D eigenvalue weighted by Gasteiger charge is -2.07. The van der Waals surface area contributed by atoms with Crippen LogP contribution in [0.2, 0.25) is 0 Å². The number of benzene rings is 3. The average molecular weight is 457 g/mol. The monoisotopic (exact) mass is 456 g/mol. The van der Waals surface area contributed by atoms with Crippen LogP contribution in [-0.2, 0) is 6.42 Å². The van der Waals surface area contributed by atoms with E-state index in [-0.39, 0.29) is 5.82 Å². The number of ether oxygens (including phenoxy) is 1. The van der Waals surface area contributed by atoms with E-state index < -0.39 is 0 Å². The molecule has 0 heterocycles. The third kappa shape index (κ3) is 8.38. The molecule has 0 saturated carbocycles. The van der Waals surface area contributed by atoms with Gasteiger partial charge in [-0.05, 0) is 66.8 Å². The first-order chi connectivity index (χ1) is 16.7. The molecule has 0 aliphatic heterocycles. The standard InChI is InChI=1S/C32H37FO/c1-3-5-7-8-9-11-26-14-19-29(20-15-26)31-23-18-28(25-32(31)33)13-12-27-16-21-30(22-17-27)34-24-10-6-4-2/h14-23,25H,3-11,24H2,1-2H3. The van der Waals surface area contributed by atoms with Crippen LogP contribution in [-0.4, -0.2) is 6.61 Å². The van der Waals surface area contributed by atoms with Gasteiger partial charge in [0.2, 0.25) is 0 Å². The Morgan fingerprint density at radius 1 is 0.676 bits per heavy atom. The lowest BCUT2D eigenvalue weighted by Crippen LogP contribution is -1.96. The van der Waals surface area contributed by atoms with Crippen molar-refractivity contribution in [1.82, 2.24) is 0 Å². The normalized spacial score (nSPS) is 10.6. The van der Waals surface area contributed by atoms with Gasteiger partial charge in [0, 0.05) is 16.7 Å². The van der Waals surface area contributed by atoms with Crippen LogP contribution in [0.15, 0.2) is 66.7 Å². The van der Waals surface area contributed by atoms with Crippen LogP contribution in [0.4, 0.5) is 4.39 Å². The van der Waals surface area contributed by atoms with Crippen molar-refractivity contribution in [1.29, 1.82) is 0 Å². The van der Waals surface area contributed by atoms with Crippen LogP contribution in [0.5, 0.6) is 5.75 Å². The Morgan fingerprint density at radius 2 is 1.32 bits per heavy atom. The summed E-state index contributed by atoms with van der Waals surface area (Å²) in [5.74, 6) is 6.81. The molecule has 0 N–H and O–H groups in total. The SMILES string of the molecule is CCCCCCCc1ccc(-c2ccc(C#Cc3ccc(OCCCCC)cc3)cc2F)cc1. The van der Waals surface area contributed by atoms with Gasteiger partial charge in [-0.15, -0.1) is 0 Å². The van der Waals surface area contributed by atoms with Crippen molar-refractivity contribution >= 4 is 0 Å². The number of halogens is 1. The Morgan fingerprint density at radius 3 is 2.03 bits per heavy atom. The fourth-order valence-corrected chi connectivity index (χ4v) is 3.93. The van der Waals surface area contributed by atoms with Gasteiger partial charge in [-0.1, -0.05) is 94.5 Å². The maximum absolute atomic E-state index is 14.8. The first kappa shape index (κ1) is 25.6. The van der Waals surface area contributed by atoms with Gasteiger partial charge in [0.1, 0.15) is 11.6 Å². The van der Waals surface area contributed by atoms with Crippen molar-refractivity contribution in [2.45, 2.75) is 71.6 Å². The molecule has 3 aromatic carbocycles. The van der Waals surface area contributed by atoms with Crippen molar-refractivity contribution < 1.29 is 9.13 Å². The molecule has 0 spiro atoms. The van der Waals surface area contributed by atoms with Gasteiger partial charge in [-0.25, -0.2) is 4.39 Å². The Labute approximate surface area is 205 Å². The summed E-state index contributed by atoms with van der Waals surface area (Å²) >= 11 is 0. The van der Waals surface area contributed by atoms with Crippen LogP contribution in [0.25, 0.3) is 11.1 Å². The van der Waals surface area contributed by atoms with Crippen LogP contribution >= 0.6 is 0 Å². The van der Waals surface area contributed by atoms with Gasteiger partial charge in [-0.3, -0.25) is 0 Å². The molecule has 1 nitrogen and oxygen atoms in total. The van der Waals surface area contributed by atoms with E-state index in [0.29, 0.717) is 11.1 Å². The molecule has 0 radical (unpaired) electrons. The van der Waals surface area contributed by atoms with E-state index in [4.69, 9.17) is 4.74 Å². The molecule has 3 rings (SSSR count). The van der Waals surface area contributed by atoms with Crippen molar-refractivity contribution in [3.63, 3.8) is 0 Å². The predicted octanol–water partition coefficient (Wildman–Crippen LogP) is 8.97. The minimum atomic E-state index is -0.241. The minimum Gasteiger partial charge on any atom is -0.494 e. The molecule has 0 atom stereocenters. The van der Waals surface area contributed by atoms with Gasteiger partial charge in [0.15, 0.2) is 0 Å². The molecule has 0 aromatic heterocycles. The topological polar surface area (TPSA) is 9.23 Å². The summed E-state index contributed by atoms with van der Waals surface area (Å²) in [6.07, 6.45) is 10.9. The summed E-state index contributed by atoms with van der Waals surface area (Å²) < 4.78 is 20.6. The molecular weight excluding hydrogens is 419 g/mol. The van der Waals surface area contributed by atoms with Crippen molar-refractivity contribution in [3.05, 3.63) is 89.2 Å². The van der Waals surface area contributed by atoms with Gasteiger partial charge in [0.05, 0.1) is 6.61 Å². The largest absolute Gasteiger partial charge is 0.494 e. The minimum absolute atomic E-state index is 0.241. The highest BCUT2D eigenvalue weighted by Crippen LogP contribution is 2.24. The maximum Gasteiger partial charge on any atom is 0.132 e. The van der Waals surface area contributed by atoms with Crippen molar-refractivity contribution in [3.8, 4) is 28.7 Å². The van der Waals surface area contributed by atoms with E-state index in [1.807, 2.05) is 48.5 Å². The molecule has 178 valence electrons. The first-order valence-electron chi connectivity index (χ1n) is 12.8. The molecule has 0 aliphatic carbocycles. The van der Waals surface area contributed by atoms with E-state index in [9.17, 15) is 4.39 Å². The highest BCUT2D eigenvalue weighted by molar-refractivity contribution is 5.65. The summed E-state index contributed by atoms with van der Waals surface area (Å²) in [5, 5.41) is 0. The van der Waals surface area contributed by atoms with Gasteiger partial charge in [-0.2, -0.15) is 0 Å². The molecular formula is C32H37FO. The predicted molar refractivity (Wildman–Crippen MR) is 142 cm³/mol. The molecule has 0 amide bonds. The van der Waals surface area contributed by atoms with Crippen LogP contribution in [0.1, 0.15) is 81.9 Å². The average Bonchev–Trinajstić information content (AvgIpc) is 2.86. The van der Waals surface area contributed by atoms with Gasteiger partial charge in [0.25, 0.3) is 0 Å². The van der Waals surface area contributed by atoms with E-state index in [1.54, 1.807) is 0 Å². The molecule has 0 unspecified atom stereocenters. The number of hydrogen-bond donors (Lipinski definition) is 0. The Kier molecular flexibility index (Phi) is 10.7. The number of aryl methyl sites for hydroxylation is 1. The zero-order valence-electron chi connectivity index (χ0n) is 20.7. The molecule has 3 aromatic rings. The fourth-order valence-electron chi connectivity index (χ4n) is 3.93. The maximum atomic E-state index is 14.8. The molecule has 0 saturated heterocycles. The summed E-state index contributed by atoms with van der Waals surface area (Å²) in [5.41, 5.74) is 4.40. The van der Waals surface area contributed by atoms with Crippen LogP contribution < -0.4 is 4.74 Å². The molecule has 0 fully saturated rings. The summed E-state index contributed by atoms with van der Waals surface area (Å²) in [6, 6.07) is 21.3. The van der Waals surface area contributed by atoms with Gasteiger partial charge >= 0.3 is 0 Å². The summed E-state index contributed by atoms with van der Waals surface area (Å²) in [4.78, 5) is 0. The highest BCUT2D eigenvalue weighted by atomic mass is 19.1.